The van der Waals surface area contributed by atoms with Gasteiger partial charge in [0.1, 0.15) is 0 Å². The standard InChI is InChI=1S/C33H66O4S/c1-3-5-7-9-11-13-14-15-16-17-18-19-20-21-23-25-27-29-31-33(32-37-38(34,35)36)30-28-26-24-22-12-10-8-6-4-2/h28,30,33H,3-27,29,31-32H2,1-2H3,(H,34,35,36)/b30-28+. The van der Waals surface area contributed by atoms with Crippen molar-refractivity contribution in [3.8, 4) is 0 Å². The Bertz CT molecular complexity index is 588. The molecule has 5 heteroatoms. The van der Waals surface area contributed by atoms with Crippen molar-refractivity contribution in [2.75, 3.05) is 6.61 Å². The quantitative estimate of drug-likeness (QED) is 0.0522. The van der Waals surface area contributed by atoms with Gasteiger partial charge in [-0.1, -0.05) is 180 Å². The van der Waals surface area contributed by atoms with Gasteiger partial charge < -0.3 is 0 Å². The topological polar surface area (TPSA) is 63.6 Å². The normalized spacial score (nSPS) is 13.0. The molecule has 0 heterocycles. The summed E-state index contributed by atoms with van der Waals surface area (Å²) in [7, 11) is -4.37. The van der Waals surface area contributed by atoms with E-state index in [0.29, 0.717) is 0 Å². The average molecular weight is 559 g/mol. The molecule has 38 heavy (non-hydrogen) atoms. The highest BCUT2D eigenvalue weighted by Crippen LogP contribution is 2.18. The van der Waals surface area contributed by atoms with Gasteiger partial charge in [-0.15, -0.1) is 0 Å². The van der Waals surface area contributed by atoms with Gasteiger partial charge in [0, 0.05) is 5.92 Å². The summed E-state index contributed by atoms with van der Waals surface area (Å²) in [6, 6.07) is 0. The first-order chi connectivity index (χ1) is 18.5. The van der Waals surface area contributed by atoms with Gasteiger partial charge in [-0.3, -0.25) is 4.55 Å². The Balaban J connectivity index is 3.69. The van der Waals surface area contributed by atoms with E-state index in [1.807, 2.05) is 0 Å². The van der Waals surface area contributed by atoms with Crippen LogP contribution in [0.15, 0.2) is 12.2 Å². The number of hydrogen-bond acceptors (Lipinski definition) is 3. The molecule has 4 nitrogen and oxygen atoms in total. The molecular formula is C33H66O4S. The lowest BCUT2D eigenvalue weighted by molar-refractivity contribution is 0.234. The molecule has 0 aromatic rings. The zero-order valence-electron chi connectivity index (χ0n) is 25.6. The molecule has 0 aliphatic carbocycles. The summed E-state index contributed by atoms with van der Waals surface area (Å²) in [5, 5.41) is 0. The van der Waals surface area contributed by atoms with E-state index >= 15 is 0 Å². The maximum atomic E-state index is 11.0. The van der Waals surface area contributed by atoms with Crippen LogP contribution in [0.4, 0.5) is 0 Å². The minimum atomic E-state index is -4.37. The molecular weight excluding hydrogens is 492 g/mol. The fraction of sp³-hybridized carbons (Fsp3) is 0.939. The summed E-state index contributed by atoms with van der Waals surface area (Å²) in [6.07, 6.45) is 39.8. The summed E-state index contributed by atoms with van der Waals surface area (Å²) in [5.41, 5.74) is 0. The third kappa shape index (κ3) is 31.8. The van der Waals surface area contributed by atoms with Crippen LogP contribution in [0.1, 0.15) is 187 Å². The van der Waals surface area contributed by atoms with Crippen LogP contribution < -0.4 is 0 Å². The number of rotatable bonds is 31. The average Bonchev–Trinajstić information content (AvgIpc) is 2.89. The lowest BCUT2D eigenvalue weighted by Gasteiger charge is -2.12. The van der Waals surface area contributed by atoms with Gasteiger partial charge in [0.05, 0.1) is 6.61 Å². The van der Waals surface area contributed by atoms with Gasteiger partial charge >= 0.3 is 10.4 Å². The van der Waals surface area contributed by atoms with Crippen molar-refractivity contribution in [1.82, 2.24) is 0 Å². The van der Waals surface area contributed by atoms with Crippen LogP contribution >= 0.6 is 0 Å². The zero-order chi connectivity index (χ0) is 28.0. The summed E-state index contributed by atoms with van der Waals surface area (Å²) < 4.78 is 35.7. The third-order valence-electron chi connectivity index (χ3n) is 7.74. The minimum Gasteiger partial charge on any atom is -0.264 e. The fourth-order valence-corrected chi connectivity index (χ4v) is 5.57. The Hall–Kier alpha value is -0.390. The minimum absolute atomic E-state index is 0.0469. The van der Waals surface area contributed by atoms with Crippen LogP contribution in [-0.4, -0.2) is 19.6 Å². The molecule has 0 radical (unpaired) electrons. The maximum absolute atomic E-state index is 11.0. The molecule has 0 saturated carbocycles. The maximum Gasteiger partial charge on any atom is 0.397 e. The van der Waals surface area contributed by atoms with Gasteiger partial charge in [-0.05, 0) is 19.3 Å². The van der Waals surface area contributed by atoms with Gasteiger partial charge in [0.2, 0.25) is 0 Å². The Morgan fingerprint density at radius 3 is 1.26 bits per heavy atom. The van der Waals surface area contributed by atoms with Crippen molar-refractivity contribution < 1.29 is 17.2 Å². The second kappa shape index (κ2) is 29.6. The predicted octanol–water partition coefficient (Wildman–Crippen LogP) is 11.6. The second-order valence-electron chi connectivity index (χ2n) is 11.6. The number of unbranched alkanes of at least 4 members (excludes halogenated alkanes) is 24. The summed E-state index contributed by atoms with van der Waals surface area (Å²) in [6.45, 7) is 4.57. The van der Waals surface area contributed by atoms with Crippen molar-refractivity contribution >= 4 is 10.4 Å². The van der Waals surface area contributed by atoms with Crippen molar-refractivity contribution in [3.63, 3.8) is 0 Å². The molecule has 1 N–H and O–H groups in total. The largest absolute Gasteiger partial charge is 0.397 e. The van der Waals surface area contributed by atoms with Crippen LogP contribution in [0.5, 0.6) is 0 Å². The van der Waals surface area contributed by atoms with Gasteiger partial charge in [-0.2, -0.15) is 8.42 Å². The Labute approximate surface area is 239 Å². The molecule has 0 amide bonds. The van der Waals surface area contributed by atoms with E-state index < -0.39 is 10.4 Å². The molecule has 0 saturated heterocycles. The van der Waals surface area contributed by atoms with E-state index in [4.69, 9.17) is 4.55 Å². The first kappa shape index (κ1) is 37.6. The third-order valence-corrected chi connectivity index (χ3v) is 8.18. The van der Waals surface area contributed by atoms with Crippen molar-refractivity contribution in [2.45, 2.75) is 187 Å². The number of allylic oxidation sites excluding steroid dienone is 1. The van der Waals surface area contributed by atoms with Crippen molar-refractivity contribution in [1.29, 1.82) is 0 Å². The van der Waals surface area contributed by atoms with Crippen LogP contribution in [0.3, 0.4) is 0 Å². The number of hydrogen-bond donors (Lipinski definition) is 1. The van der Waals surface area contributed by atoms with E-state index in [1.165, 1.54) is 154 Å². The highest BCUT2D eigenvalue weighted by molar-refractivity contribution is 7.80. The predicted molar refractivity (Wildman–Crippen MR) is 166 cm³/mol. The molecule has 0 aromatic carbocycles. The Morgan fingerprint density at radius 2 is 0.895 bits per heavy atom. The molecule has 1 atom stereocenters. The zero-order valence-corrected chi connectivity index (χ0v) is 26.4. The fourth-order valence-electron chi connectivity index (χ4n) is 5.22. The molecule has 228 valence electrons. The first-order valence-corrected chi connectivity index (χ1v) is 18.1. The highest BCUT2D eigenvalue weighted by atomic mass is 32.3. The summed E-state index contributed by atoms with van der Waals surface area (Å²) in [4.78, 5) is 0. The Morgan fingerprint density at radius 1 is 0.553 bits per heavy atom. The first-order valence-electron chi connectivity index (χ1n) is 16.8. The van der Waals surface area contributed by atoms with Crippen LogP contribution in [0.25, 0.3) is 0 Å². The van der Waals surface area contributed by atoms with Crippen molar-refractivity contribution in [2.24, 2.45) is 5.92 Å². The smallest absolute Gasteiger partial charge is 0.264 e. The summed E-state index contributed by atoms with van der Waals surface area (Å²) >= 11 is 0. The molecule has 0 aromatic heterocycles. The summed E-state index contributed by atoms with van der Waals surface area (Å²) in [5.74, 6) is 0.0579. The highest BCUT2D eigenvalue weighted by Gasteiger charge is 2.11. The SMILES string of the molecule is CCCCCCCCC/C=C/C(CCCCCCCCCCCCCCCCCCCC)COS(=O)(=O)O. The molecule has 0 aliphatic rings. The molecule has 0 bridgehead atoms. The van der Waals surface area contributed by atoms with E-state index in [2.05, 4.69) is 30.2 Å². The molecule has 0 rings (SSSR count). The van der Waals surface area contributed by atoms with E-state index in [0.717, 1.165) is 19.3 Å². The second-order valence-corrected chi connectivity index (χ2v) is 12.7. The Kier molecular flexibility index (Phi) is 29.3. The van der Waals surface area contributed by atoms with E-state index in [-0.39, 0.29) is 12.5 Å². The lowest BCUT2D eigenvalue weighted by Crippen LogP contribution is -2.12. The van der Waals surface area contributed by atoms with E-state index in [1.54, 1.807) is 0 Å². The van der Waals surface area contributed by atoms with Gasteiger partial charge in [-0.25, -0.2) is 4.18 Å². The van der Waals surface area contributed by atoms with Crippen LogP contribution in [-0.2, 0) is 14.6 Å². The molecule has 0 spiro atoms. The molecule has 1 unspecified atom stereocenters. The van der Waals surface area contributed by atoms with Gasteiger partial charge in [0.25, 0.3) is 0 Å². The molecule has 0 aliphatic heterocycles. The monoisotopic (exact) mass is 558 g/mol. The lowest BCUT2D eigenvalue weighted by atomic mass is 9.99. The van der Waals surface area contributed by atoms with Crippen LogP contribution in [0, 0.1) is 5.92 Å². The molecule has 0 fully saturated rings. The van der Waals surface area contributed by atoms with Crippen molar-refractivity contribution in [3.05, 3.63) is 12.2 Å². The van der Waals surface area contributed by atoms with Crippen LogP contribution in [0.2, 0.25) is 0 Å². The van der Waals surface area contributed by atoms with Gasteiger partial charge in [0.15, 0.2) is 0 Å². The van der Waals surface area contributed by atoms with E-state index in [9.17, 15) is 8.42 Å².